The van der Waals surface area contributed by atoms with Gasteiger partial charge in [-0.3, -0.25) is 0 Å². The second-order valence-corrected chi connectivity index (χ2v) is 7.41. The van der Waals surface area contributed by atoms with Crippen LogP contribution in [0.2, 0.25) is 0 Å². The number of benzene rings is 1. The van der Waals surface area contributed by atoms with Crippen molar-refractivity contribution in [1.29, 1.82) is 0 Å². The first-order valence-electron chi connectivity index (χ1n) is 6.48. The van der Waals surface area contributed by atoms with E-state index >= 15 is 0 Å². The van der Waals surface area contributed by atoms with Gasteiger partial charge in [0, 0.05) is 36.8 Å². The molecular weight excluding hydrogens is 342 g/mol. The molecule has 1 atom stereocenters. The predicted octanol–water partition coefficient (Wildman–Crippen LogP) is 1.79. The molecule has 7 heteroatoms. The summed E-state index contributed by atoms with van der Waals surface area (Å²) in [7, 11) is 0.227. The molecule has 0 unspecified atom stereocenters. The van der Waals surface area contributed by atoms with E-state index in [4.69, 9.17) is 0 Å². The van der Waals surface area contributed by atoms with Gasteiger partial charge >= 0.3 is 0 Å². The molecule has 5 nitrogen and oxygen atoms in total. The fourth-order valence-corrected chi connectivity index (χ4v) is 3.82. The Bertz CT molecular complexity index is 547. The molecular formula is C13H22BrN3O2S. The lowest BCUT2D eigenvalue weighted by Crippen LogP contribution is -2.38. The van der Waals surface area contributed by atoms with Gasteiger partial charge in [-0.05, 0) is 47.6 Å². The lowest BCUT2D eigenvalue weighted by Gasteiger charge is -2.17. The van der Waals surface area contributed by atoms with Crippen LogP contribution in [0.3, 0.4) is 0 Å². The van der Waals surface area contributed by atoms with Gasteiger partial charge in [0.2, 0.25) is 10.0 Å². The van der Waals surface area contributed by atoms with Crippen molar-refractivity contribution in [2.75, 3.05) is 32.1 Å². The number of nitrogens with one attached hydrogen (secondary N) is 2. The van der Waals surface area contributed by atoms with Crippen LogP contribution in [-0.2, 0) is 10.0 Å². The van der Waals surface area contributed by atoms with E-state index in [2.05, 4.69) is 26.0 Å². The average Bonchev–Trinajstić information content (AvgIpc) is 2.37. The van der Waals surface area contributed by atoms with Crippen molar-refractivity contribution in [3.05, 3.63) is 22.7 Å². The highest BCUT2D eigenvalue weighted by atomic mass is 79.9. The first kappa shape index (κ1) is 17.4. The first-order chi connectivity index (χ1) is 9.27. The molecule has 0 aliphatic carbocycles. The zero-order chi connectivity index (χ0) is 15.3. The van der Waals surface area contributed by atoms with E-state index < -0.39 is 10.0 Å². The lowest BCUT2D eigenvalue weighted by atomic mass is 10.3. The number of hydrogen-bond acceptors (Lipinski definition) is 4. The third-order valence-corrected chi connectivity index (χ3v) is 5.27. The van der Waals surface area contributed by atoms with Gasteiger partial charge < -0.3 is 10.2 Å². The zero-order valence-corrected chi connectivity index (χ0v) is 14.7. The molecule has 0 radical (unpaired) electrons. The standard InChI is InChI=1S/C13H22BrN3O2S/c1-5-15-10(2)9-16-20(18,19)13-8-11(17(3)4)6-7-12(13)14/h6-8,10,15-16H,5,9H2,1-4H3/t10-/m1/s1. The average molecular weight is 364 g/mol. The van der Waals surface area contributed by atoms with Crippen LogP contribution in [0.1, 0.15) is 13.8 Å². The molecule has 2 N–H and O–H groups in total. The third-order valence-electron chi connectivity index (χ3n) is 2.85. The van der Waals surface area contributed by atoms with E-state index in [0.29, 0.717) is 11.0 Å². The molecule has 0 heterocycles. The highest BCUT2D eigenvalue weighted by Crippen LogP contribution is 2.26. The van der Waals surface area contributed by atoms with Crippen molar-refractivity contribution in [2.24, 2.45) is 0 Å². The first-order valence-corrected chi connectivity index (χ1v) is 8.75. The summed E-state index contributed by atoms with van der Waals surface area (Å²) >= 11 is 3.30. The number of anilines is 1. The fourth-order valence-electron chi connectivity index (χ4n) is 1.71. The summed E-state index contributed by atoms with van der Waals surface area (Å²) in [5, 5.41) is 3.17. The molecule has 0 fully saturated rings. The smallest absolute Gasteiger partial charge is 0.241 e. The van der Waals surface area contributed by atoms with Gasteiger partial charge in [0.25, 0.3) is 0 Å². The number of rotatable bonds is 7. The maximum atomic E-state index is 12.3. The summed E-state index contributed by atoms with van der Waals surface area (Å²) < 4.78 is 27.9. The summed E-state index contributed by atoms with van der Waals surface area (Å²) in [4.78, 5) is 2.12. The molecule has 0 aliphatic rings. The van der Waals surface area contributed by atoms with E-state index in [-0.39, 0.29) is 10.9 Å². The monoisotopic (exact) mass is 363 g/mol. The molecule has 0 spiro atoms. The van der Waals surface area contributed by atoms with E-state index in [0.717, 1.165) is 12.2 Å². The lowest BCUT2D eigenvalue weighted by molar-refractivity contribution is 0.536. The Morgan fingerprint density at radius 3 is 2.55 bits per heavy atom. The van der Waals surface area contributed by atoms with Gasteiger partial charge in [-0.15, -0.1) is 0 Å². The van der Waals surface area contributed by atoms with Crippen molar-refractivity contribution in [1.82, 2.24) is 10.0 Å². The van der Waals surface area contributed by atoms with Gasteiger partial charge in [0.05, 0.1) is 4.90 Å². The maximum Gasteiger partial charge on any atom is 0.241 e. The van der Waals surface area contributed by atoms with Gasteiger partial charge in [-0.2, -0.15) is 0 Å². The second-order valence-electron chi connectivity index (χ2n) is 4.82. The van der Waals surface area contributed by atoms with Crippen molar-refractivity contribution < 1.29 is 8.42 Å². The number of likely N-dealkylation sites (N-methyl/N-ethyl adjacent to an activating group) is 1. The van der Waals surface area contributed by atoms with Crippen LogP contribution in [-0.4, -0.2) is 41.6 Å². The van der Waals surface area contributed by atoms with Gasteiger partial charge in [-0.25, -0.2) is 13.1 Å². The van der Waals surface area contributed by atoms with Crippen LogP contribution in [0.4, 0.5) is 5.69 Å². The molecule has 0 aromatic heterocycles. The summed E-state index contributed by atoms with van der Waals surface area (Å²) in [5.74, 6) is 0. The number of sulfonamides is 1. The third kappa shape index (κ3) is 4.73. The van der Waals surface area contributed by atoms with Crippen LogP contribution in [0.25, 0.3) is 0 Å². The van der Waals surface area contributed by atoms with Crippen molar-refractivity contribution in [2.45, 2.75) is 24.8 Å². The second kappa shape index (κ2) is 7.40. The Morgan fingerprint density at radius 1 is 1.35 bits per heavy atom. The molecule has 0 saturated carbocycles. The Hall–Kier alpha value is -0.630. The fraction of sp³-hybridized carbons (Fsp3) is 0.538. The topological polar surface area (TPSA) is 61.4 Å². The van der Waals surface area contributed by atoms with Crippen LogP contribution in [0.5, 0.6) is 0 Å². The van der Waals surface area contributed by atoms with Gasteiger partial charge in [0.1, 0.15) is 0 Å². The van der Waals surface area contributed by atoms with Crippen LogP contribution in [0.15, 0.2) is 27.6 Å². The van der Waals surface area contributed by atoms with E-state index in [9.17, 15) is 8.42 Å². The molecule has 1 rings (SSSR count). The minimum atomic E-state index is -3.52. The van der Waals surface area contributed by atoms with E-state index in [1.165, 1.54) is 0 Å². The van der Waals surface area contributed by atoms with Crippen molar-refractivity contribution in [3.8, 4) is 0 Å². The molecule has 1 aromatic carbocycles. The summed E-state index contributed by atoms with van der Waals surface area (Å²) in [6, 6.07) is 5.36. The van der Waals surface area contributed by atoms with Crippen LogP contribution >= 0.6 is 15.9 Å². The van der Waals surface area contributed by atoms with Crippen LogP contribution in [0, 0.1) is 0 Å². The largest absolute Gasteiger partial charge is 0.378 e. The molecule has 20 heavy (non-hydrogen) atoms. The van der Waals surface area contributed by atoms with Crippen LogP contribution < -0.4 is 14.9 Å². The SMILES string of the molecule is CCN[C@H](C)CNS(=O)(=O)c1cc(N(C)C)ccc1Br. The molecule has 0 saturated heterocycles. The Morgan fingerprint density at radius 2 is 2.00 bits per heavy atom. The normalized spacial score (nSPS) is 13.2. The van der Waals surface area contributed by atoms with Gasteiger partial charge in [0.15, 0.2) is 0 Å². The Balaban J connectivity index is 2.94. The van der Waals surface area contributed by atoms with E-state index in [1.807, 2.05) is 38.9 Å². The number of halogens is 1. The molecule has 114 valence electrons. The molecule has 0 bridgehead atoms. The quantitative estimate of drug-likeness (QED) is 0.775. The Labute approximate surface area is 129 Å². The number of nitrogens with zero attached hydrogens (tertiary/aromatic N) is 1. The van der Waals surface area contributed by atoms with Crippen molar-refractivity contribution >= 4 is 31.6 Å². The summed E-state index contributed by atoms with van der Waals surface area (Å²) in [6.45, 7) is 5.09. The van der Waals surface area contributed by atoms with Crippen molar-refractivity contribution in [3.63, 3.8) is 0 Å². The Kier molecular flexibility index (Phi) is 6.44. The molecule has 1 aromatic rings. The minimum Gasteiger partial charge on any atom is -0.378 e. The zero-order valence-electron chi connectivity index (χ0n) is 12.3. The number of hydrogen-bond donors (Lipinski definition) is 2. The summed E-state index contributed by atoms with van der Waals surface area (Å²) in [6.07, 6.45) is 0. The predicted molar refractivity (Wildman–Crippen MR) is 86.8 cm³/mol. The summed E-state index contributed by atoms with van der Waals surface area (Å²) in [5.41, 5.74) is 0.841. The molecule has 0 amide bonds. The van der Waals surface area contributed by atoms with E-state index in [1.54, 1.807) is 12.1 Å². The minimum absolute atomic E-state index is 0.0885. The van der Waals surface area contributed by atoms with Gasteiger partial charge in [-0.1, -0.05) is 6.92 Å². The highest BCUT2D eigenvalue weighted by molar-refractivity contribution is 9.10. The highest BCUT2D eigenvalue weighted by Gasteiger charge is 2.19. The maximum absolute atomic E-state index is 12.3. The molecule has 0 aliphatic heterocycles.